The summed E-state index contributed by atoms with van der Waals surface area (Å²) in [5.74, 6) is 0. The maximum atomic E-state index is 4.61. The van der Waals surface area contributed by atoms with Gasteiger partial charge in [0.2, 0.25) is 0 Å². The Kier molecular flexibility index (Phi) is 3.53. The maximum absolute atomic E-state index is 4.61. The van der Waals surface area contributed by atoms with Gasteiger partial charge in [0.15, 0.2) is 0 Å². The van der Waals surface area contributed by atoms with Crippen molar-refractivity contribution in [2.45, 2.75) is 27.3 Å². The summed E-state index contributed by atoms with van der Waals surface area (Å²) < 4.78 is 1.89. The van der Waals surface area contributed by atoms with Crippen LogP contribution in [0.3, 0.4) is 0 Å². The van der Waals surface area contributed by atoms with Gasteiger partial charge >= 0.3 is 0 Å². The van der Waals surface area contributed by atoms with E-state index in [4.69, 9.17) is 0 Å². The van der Waals surface area contributed by atoms with Crippen molar-refractivity contribution in [2.24, 2.45) is 7.05 Å². The number of rotatable bonds is 3. The van der Waals surface area contributed by atoms with Gasteiger partial charge in [0.1, 0.15) is 0 Å². The molecular formula is C15H21N3. The van der Waals surface area contributed by atoms with Crippen molar-refractivity contribution in [3.05, 3.63) is 40.6 Å². The van der Waals surface area contributed by atoms with Crippen molar-refractivity contribution >= 4 is 0 Å². The van der Waals surface area contributed by atoms with Gasteiger partial charge in [-0.3, -0.25) is 4.68 Å². The Balaban J connectivity index is 2.58. The highest BCUT2D eigenvalue weighted by Crippen LogP contribution is 2.28. The molecule has 0 radical (unpaired) electrons. The highest BCUT2D eigenvalue weighted by atomic mass is 15.3. The fraction of sp³-hybridized carbons (Fsp3) is 0.400. The summed E-state index contributed by atoms with van der Waals surface area (Å²) >= 11 is 0. The third kappa shape index (κ3) is 2.18. The van der Waals surface area contributed by atoms with E-state index in [9.17, 15) is 0 Å². The average molecular weight is 243 g/mol. The molecule has 2 rings (SSSR count). The Morgan fingerprint density at radius 2 is 1.89 bits per heavy atom. The van der Waals surface area contributed by atoms with Crippen LogP contribution in [-0.4, -0.2) is 16.8 Å². The second kappa shape index (κ2) is 4.94. The van der Waals surface area contributed by atoms with Crippen LogP contribution in [-0.2, 0) is 13.6 Å². The van der Waals surface area contributed by atoms with Crippen LogP contribution in [0.1, 0.15) is 22.3 Å². The summed E-state index contributed by atoms with van der Waals surface area (Å²) in [7, 11) is 3.93. The van der Waals surface area contributed by atoms with Gasteiger partial charge in [-0.25, -0.2) is 0 Å². The molecule has 0 aliphatic heterocycles. The number of aromatic nitrogens is 2. The topological polar surface area (TPSA) is 29.9 Å². The van der Waals surface area contributed by atoms with E-state index in [-0.39, 0.29) is 0 Å². The normalized spacial score (nSPS) is 10.9. The Bertz CT molecular complexity index is 567. The second-order valence-corrected chi connectivity index (χ2v) is 4.89. The van der Waals surface area contributed by atoms with Gasteiger partial charge in [-0.05, 0) is 44.5 Å². The van der Waals surface area contributed by atoms with E-state index in [0.717, 1.165) is 12.2 Å². The summed E-state index contributed by atoms with van der Waals surface area (Å²) in [5.41, 5.74) is 7.59. The molecule has 0 aliphatic carbocycles. The lowest BCUT2D eigenvalue weighted by molar-refractivity contribution is 0.765. The molecule has 0 spiro atoms. The van der Waals surface area contributed by atoms with Gasteiger partial charge in [-0.15, -0.1) is 0 Å². The van der Waals surface area contributed by atoms with Gasteiger partial charge in [0, 0.05) is 30.9 Å². The highest BCUT2D eigenvalue weighted by molar-refractivity contribution is 5.68. The minimum absolute atomic E-state index is 0.843. The second-order valence-electron chi connectivity index (χ2n) is 4.89. The zero-order chi connectivity index (χ0) is 13.3. The maximum Gasteiger partial charge on any atom is 0.0970 e. The molecule has 0 unspecified atom stereocenters. The van der Waals surface area contributed by atoms with E-state index >= 15 is 0 Å². The van der Waals surface area contributed by atoms with E-state index in [1.807, 2.05) is 18.8 Å². The SMILES string of the molecule is CNCc1cn(C)nc1-c1ccc(C)c(C)c1C. The molecule has 0 fully saturated rings. The van der Waals surface area contributed by atoms with Crippen molar-refractivity contribution < 1.29 is 0 Å². The fourth-order valence-electron chi connectivity index (χ4n) is 2.30. The summed E-state index contributed by atoms with van der Waals surface area (Å²) in [5, 5.41) is 7.81. The predicted octanol–water partition coefficient (Wildman–Crippen LogP) is 2.73. The van der Waals surface area contributed by atoms with E-state index in [2.05, 4.69) is 49.5 Å². The van der Waals surface area contributed by atoms with Crippen LogP contribution >= 0.6 is 0 Å². The molecule has 0 saturated heterocycles. The van der Waals surface area contributed by atoms with Crippen molar-refractivity contribution in [3.8, 4) is 11.3 Å². The van der Waals surface area contributed by atoms with E-state index in [1.165, 1.54) is 27.8 Å². The molecule has 1 aromatic heterocycles. The zero-order valence-corrected chi connectivity index (χ0v) is 11.8. The quantitative estimate of drug-likeness (QED) is 0.898. The molecule has 1 aromatic carbocycles. The molecule has 96 valence electrons. The van der Waals surface area contributed by atoms with Crippen LogP contribution in [0.15, 0.2) is 18.3 Å². The van der Waals surface area contributed by atoms with Crippen LogP contribution in [0.25, 0.3) is 11.3 Å². The van der Waals surface area contributed by atoms with Crippen LogP contribution < -0.4 is 5.32 Å². The highest BCUT2D eigenvalue weighted by Gasteiger charge is 2.13. The molecule has 3 nitrogen and oxygen atoms in total. The molecule has 2 aromatic rings. The Labute approximate surface area is 109 Å². The fourth-order valence-corrected chi connectivity index (χ4v) is 2.30. The summed E-state index contributed by atoms with van der Waals surface area (Å²) in [6.45, 7) is 7.35. The van der Waals surface area contributed by atoms with Gasteiger partial charge in [-0.1, -0.05) is 12.1 Å². The van der Waals surface area contributed by atoms with Gasteiger partial charge in [0.05, 0.1) is 5.69 Å². The first-order valence-electron chi connectivity index (χ1n) is 6.29. The van der Waals surface area contributed by atoms with Gasteiger partial charge in [0.25, 0.3) is 0 Å². The first kappa shape index (κ1) is 12.8. The molecule has 0 atom stereocenters. The Morgan fingerprint density at radius 1 is 1.17 bits per heavy atom. The molecular weight excluding hydrogens is 222 g/mol. The van der Waals surface area contributed by atoms with Crippen molar-refractivity contribution in [1.29, 1.82) is 0 Å². The first-order chi connectivity index (χ1) is 8.54. The molecule has 1 heterocycles. The number of nitrogens with zero attached hydrogens (tertiary/aromatic N) is 2. The van der Waals surface area contributed by atoms with E-state index < -0.39 is 0 Å². The number of hydrogen-bond acceptors (Lipinski definition) is 2. The van der Waals surface area contributed by atoms with Crippen molar-refractivity contribution in [1.82, 2.24) is 15.1 Å². The minimum atomic E-state index is 0.843. The van der Waals surface area contributed by atoms with Crippen LogP contribution in [0.4, 0.5) is 0 Å². The van der Waals surface area contributed by atoms with Crippen molar-refractivity contribution in [2.75, 3.05) is 7.05 Å². The summed E-state index contributed by atoms with van der Waals surface area (Å²) in [6.07, 6.45) is 2.08. The number of benzene rings is 1. The largest absolute Gasteiger partial charge is 0.316 e. The lowest BCUT2D eigenvalue weighted by Crippen LogP contribution is -2.05. The number of aryl methyl sites for hydroxylation is 2. The van der Waals surface area contributed by atoms with Gasteiger partial charge < -0.3 is 5.32 Å². The minimum Gasteiger partial charge on any atom is -0.316 e. The number of hydrogen-bond donors (Lipinski definition) is 1. The van der Waals surface area contributed by atoms with E-state index in [1.54, 1.807) is 0 Å². The smallest absolute Gasteiger partial charge is 0.0970 e. The lowest BCUT2D eigenvalue weighted by atomic mass is 9.95. The molecule has 1 N–H and O–H groups in total. The predicted molar refractivity (Wildman–Crippen MR) is 75.6 cm³/mol. The molecule has 18 heavy (non-hydrogen) atoms. The molecule has 0 saturated carbocycles. The first-order valence-corrected chi connectivity index (χ1v) is 6.29. The molecule has 0 aliphatic rings. The Morgan fingerprint density at radius 3 is 2.56 bits per heavy atom. The third-order valence-electron chi connectivity index (χ3n) is 3.58. The van der Waals surface area contributed by atoms with Crippen LogP contribution in [0, 0.1) is 20.8 Å². The summed E-state index contributed by atoms with van der Waals surface area (Å²) in [6, 6.07) is 4.36. The lowest BCUT2D eigenvalue weighted by Gasteiger charge is -2.10. The van der Waals surface area contributed by atoms with Crippen molar-refractivity contribution in [3.63, 3.8) is 0 Å². The third-order valence-corrected chi connectivity index (χ3v) is 3.58. The molecule has 3 heteroatoms. The monoisotopic (exact) mass is 243 g/mol. The average Bonchev–Trinajstić information content (AvgIpc) is 2.68. The van der Waals surface area contributed by atoms with Crippen LogP contribution in [0.5, 0.6) is 0 Å². The molecule has 0 bridgehead atoms. The standard InChI is InChI=1S/C15H21N3/c1-10-6-7-14(12(3)11(10)2)15-13(8-16-4)9-18(5)17-15/h6-7,9,16H,8H2,1-5H3. The zero-order valence-electron chi connectivity index (χ0n) is 11.8. The summed E-state index contributed by atoms with van der Waals surface area (Å²) in [4.78, 5) is 0. The van der Waals surface area contributed by atoms with E-state index in [0.29, 0.717) is 0 Å². The van der Waals surface area contributed by atoms with Gasteiger partial charge in [-0.2, -0.15) is 5.10 Å². The molecule has 0 amide bonds. The Hall–Kier alpha value is -1.61. The number of nitrogens with one attached hydrogen (secondary N) is 1. The van der Waals surface area contributed by atoms with Crippen LogP contribution in [0.2, 0.25) is 0 Å².